The summed E-state index contributed by atoms with van der Waals surface area (Å²) in [6.07, 6.45) is 0.607. The van der Waals surface area contributed by atoms with E-state index in [2.05, 4.69) is 5.32 Å². The SMILES string of the molecule is NC(=O)C1NCCc2cc(OS(=O)(=O)c3ccc(F)c4ccccc34)ccc21. The number of hydrogen-bond acceptors (Lipinski definition) is 5. The molecule has 8 heteroatoms. The van der Waals surface area contributed by atoms with Gasteiger partial charge in [0, 0.05) is 17.3 Å². The zero-order chi connectivity index (χ0) is 19.9. The van der Waals surface area contributed by atoms with Gasteiger partial charge >= 0.3 is 10.1 Å². The fourth-order valence-electron chi connectivity index (χ4n) is 3.47. The Morgan fingerprint density at radius 3 is 2.61 bits per heavy atom. The molecule has 0 saturated carbocycles. The zero-order valence-corrected chi connectivity index (χ0v) is 15.5. The first kappa shape index (κ1) is 18.4. The number of carbonyl (C=O) groups excluding carboxylic acids is 1. The highest BCUT2D eigenvalue weighted by atomic mass is 32.2. The molecule has 0 aromatic heterocycles. The second-order valence-corrected chi connectivity index (χ2v) is 8.04. The van der Waals surface area contributed by atoms with E-state index >= 15 is 0 Å². The molecule has 1 unspecified atom stereocenters. The standard InChI is InChI=1S/C20H17FN2O4S/c21-17-7-8-18(16-4-2-1-3-15(16)17)28(25,26)27-13-5-6-14-12(11-13)9-10-23-19(14)20(22)24/h1-8,11,19,23H,9-10H2,(H2,22,24). The van der Waals surface area contributed by atoms with E-state index < -0.39 is 27.9 Å². The number of benzene rings is 3. The van der Waals surface area contributed by atoms with Crippen molar-refractivity contribution in [1.82, 2.24) is 5.32 Å². The summed E-state index contributed by atoms with van der Waals surface area (Å²) >= 11 is 0. The van der Waals surface area contributed by atoms with Gasteiger partial charge in [0.25, 0.3) is 0 Å². The van der Waals surface area contributed by atoms with Gasteiger partial charge in [0.2, 0.25) is 5.91 Å². The average molecular weight is 400 g/mol. The summed E-state index contributed by atoms with van der Waals surface area (Å²) in [5.74, 6) is -0.884. The van der Waals surface area contributed by atoms with Crippen molar-refractivity contribution in [3.05, 3.63) is 71.5 Å². The molecule has 0 spiro atoms. The molecule has 28 heavy (non-hydrogen) atoms. The van der Waals surface area contributed by atoms with Crippen LogP contribution in [0.2, 0.25) is 0 Å². The second kappa shape index (κ2) is 6.88. The van der Waals surface area contributed by atoms with E-state index in [0.29, 0.717) is 18.5 Å². The van der Waals surface area contributed by atoms with Crippen molar-refractivity contribution in [2.75, 3.05) is 6.54 Å². The molecule has 4 rings (SSSR count). The van der Waals surface area contributed by atoms with Gasteiger partial charge in [-0.1, -0.05) is 30.3 Å². The monoisotopic (exact) mass is 400 g/mol. The molecule has 1 amide bonds. The molecule has 1 aliphatic rings. The van der Waals surface area contributed by atoms with Crippen LogP contribution >= 0.6 is 0 Å². The molecule has 6 nitrogen and oxygen atoms in total. The maximum Gasteiger partial charge on any atom is 0.339 e. The Labute approximate surface area is 161 Å². The van der Waals surface area contributed by atoms with Crippen molar-refractivity contribution in [3.8, 4) is 5.75 Å². The van der Waals surface area contributed by atoms with Gasteiger partial charge in [-0.2, -0.15) is 8.42 Å². The van der Waals surface area contributed by atoms with Crippen molar-refractivity contribution in [2.45, 2.75) is 17.4 Å². The van der Waals surface area contributed by atoms with E-state index in [-0.39, 0.29) is 21.4 Å². The van der Waals surface area contributed by atoms with Crippen LogP contribution in [0.5, 0.6) is 5.75 Å². The number of rotatable bonds is 4. The lowest BCUT2D eigenvalue weighted by molar-refractivity contribution is -0.120. The molecule has 0 radical (unpaired) electrons. The van der Waals surface area contributed by atoms with E-state index in [1.807, 2.05) is 0 Å². The molecule has 0 aliphatic carbocycles. The quantitative estimate of drug-likeness (QED) is 0.656. The number of nitrogens with two attached hydrogens (primary N) is 1. The van der Waals surface area contributed by atoms with Crippen LogP contribution in [0.15, 0.2) is 59.5 Å². The number of hydrogen-bond donors (Lipinski definition) is 2. The normalized spacial score (nSPS) is 16.5. The number of halogens is 1. The van der Waals surface area contributed by atoms with Gasteiger partial charge < -0.3 is 15.2 Å². The van der Waals surface area contributed by atoms with Crippen LogP contribution in [0.4, 0.5) is 4.39 Å². The summed E-state index contributed by atoms with van der Waals surface area (Å²) in [4.78, 5) is 11.5. The highest BCUT2D eigenvalue weighted by molar-refractivity contribution is 7.87. The largest absolute Gasteiger partial charge is 0.379 e. The molecule has 3 aromatic rings. The topological polar surface area (TPSA) is 98.5 Å². The minimum absolute atomic E-state index is 0.112. The van der Waals surface area contributed by atoms with E-state index in [1.165, 1.54) is 24.3 Å². The number of carbonyl (C=O) groups is 1. The first-order valence-corrected chi connectivity index (χ1v) is 10.0. The number of nitrogens with one attached hydrogen (secondary N) is 1. The lowest BCUT2D eigenvalue weighted by Gasteiger charge is -2.24. The Morgan fingerprint density at radius 2 is 1.86 bits per heavy atom. The molecule has 3 aromatic carbocycles. The van der Waals surface area contributed by atoms with Crippen LogP contribution in [-0.4, -0.2) is 20.9 Å². The minimum Gasteiger partial charge on any atom is -0.379 e. The molecular formula is C20H17FN2O4S. The second-order valence-electron chi connectivity index (χ2n) is 6.53. The van der Waals surface area contributed by atoms with Gasteiger partial charge in [-0.15, -0.1) is 0 Å². The van der Waals surface area contributed by atoms with Crippen molar-refractivity contribution >= 4 is 26.8 Å². The van der Waals surface area contributed by atoms with Gasteiger partial charge in [-0.05, 0) is 41.8 Å². The number of fused-ring (bicyclic) bond motifs is 2. The van der Waals surface area contributed by atoms with E-state index in [1.54, 1.807) is 24.3 Å². The Kier molecular flexibility index (Phi) is 4.52. The smallest absolute Gasteiger partial charge is 0.339 e. The van der Waals surface area contributed by atoms with Crippen LogP contribution in [0, 0.1) is 5.82 Å². The van der Waals surface area contributed by atoms with E-state index in [9.17, 15) is 17.6 Å². The summed E-state index contributed by atoms with van der Waals surface area (Å²) in [5.41, 5.74) is 6.90. The van der Waals surface area contributed by atoms with Crippen molar-refractivity contribution in [3.63, 3.8) is 0 Å². The molecule has 1 atom stereocenters. The average Bonchev–Trinajstić information content (AvgIpc) is 2.67. The van der Waals surface area contributed by atoms with Gasteiger partial charge in [0.15, 0.2) is 0 Å². The molecule has 0 saturated heterocycles. The maximum absolute atomic E-state index is 14.0. The predicted octanol–water partition coefficient (Wildman–Crippen LogP) is 2.42. The third-order valence-corrected chi connectivity index (χ3v) is 6.07. The Balaban J connectivity index is 1.72. The zero-order valence-electron chi connectivity index (χ0n) is 14.7. The van der Waals surface area contributed by atoms with Crippen molar-refractivity contribution in [2.24, 2.45) is 5.73 Å². The lowest BCUT2D eigenvalue weighted by Crippen LogP contribution is -2.38. The summed E-state index contributed by atoms with van der Waals surface area (Å²) in [7, 11) is -4.19. The predicted molar refractivity (Wildman–Crippen MR) is 102 cm³/mol. The van der Waals surface area contributed by atoms with Crippen LogP contribution in [-0.2, 0) is 21.3 Å². The maximum atomic E-state index is 14.0. The number of amides is 1. The van der Waals surface area contributed by atoms with Gasteiger partial charge in [-0.25, -0.2) is 4.39 Å². The molecular weight excluding hydrogens is 383 g/mol. The molecule has 3 N–H and O–H groups in total. The molecule has 1 heterocycles. The summed E-state index contributed by atoms with van der Waals surface area (Å²) in [6.45, 7) is 0.541. The van der Waals surface area contributed by atoms with Crippen LogP contribution in [0.3, 0.4) is 0 Å². The van der Waals surface area contributed by atoms with Crippen molar-refractivity contribution in [1.29, 1.82) is 0 Å². The Hall–Kier alpha value is -2.97. The van der Waals surface area contributed by atoms with Crippen molar-refractivity contribution < 1.29 is 21.8 Å². The van der Waals surface area contributed by atoms with Crippen LogP contribution in [0.25, 0.3) is 10.8 Å². The lowest BCUT2D eigenvalue weighted by atomic mass is 9.94. The summed E-state index contributed by atoms with van der Waals surface area (Å²) < 4.78 is 45.0. The Bertz CT molecular complexity index is 1190. The molecule has 1 aliphatic heterocycles. The highest BCUT2D eigenvalue weighted by Crippen LogP contribution is 2.31. The molecule has 0 bridgehead atoms. The van der Waals surface area contributed by atoms with E-state index in [0.717, 1.165) is 11.6 Å². The minimum atomic E-state index is -4.19. The first-order valence-electron chi connectivity index (χ1n) is 8.64. The molecule has 144 valence electrons. The summed E-state index contributed by atoms with van der Waals surface area (Å²) in [5, 5.41) is 3.47. The van der Waals surface area contributed by atoms with Crippen LogP contribution in [0.1, 0.15) is 17.2 Å². The third kappa shape index (κ3) is 3.21. The molecule has 0 fully saturated rings. The Morgan fingerprint density at radius 1 is 1.11 bits per heavy atom. The third-order valence-electron chi connectivity index (χ3n) is 4.76. The fraction of sp³-hybridized carbons (Fsp3) is 0.150. The van der Waals surface area contributed by atoms with E-state index in [4.69, 9.17) is 9.92 Å². The van der Waals surface area contributed by atoms with Gasteiger partial charge in [0.1, 0.15) is 22.5 Å². The highest BCUT2D eigenvalue weighted by Gasteiger charge is 2.26. The van der Waals surface area contributed by atoms with Gasteiger partial charge in [0.05, 0.1) is 0 Å². The van der Waals surface area contributed by atoms with Crippen LogP contribution < -0.4 is 15.2 Å². The fourth-order valence-corrected chi connectivity index (χ4v) is 4.60. The summed E-state index contributed by atoms with van der Waals surface area (Å²) in [6, 6.07) is 12.7. The first-order chi connectivity index (χ1) is 13.4. The van der Waals surface area contributed by atoms with Gasteiger partial charge in [-0.3, -0.25) is 4.79 Å². The number of primary amides is 1.